The first-order valence-electron chi connectivity index (χ1n) is 9.31. The third-order valence-electron chi connectivity index (χ3n) is 5.52. The lowest BCUT2D eigenvalue weighted by Gasteiger charge is -2.42. The van der Waals surface area contributed by atoms with Crippen molar-refractivity contribution >= 4 is 41.6 Å². The molecule has 0 saturated carbocycles. The number of likely N-dealkylation sites (tertiary alicyclic amines) is 1. The molecule has 1 aromatic carbocycles. The van der Waals surface area contributed by atoms with E-state index >= 15 is 0 Å². The Morgan fingerprint density at radius 3 is 2.52 bits per heavy atom. The maximum atomic E-state index is 13.4. The molecule has 3 heterocycles. The largest absolute Gasteiger partial charge is 0.338 e. The highest BCUT2D eigenvalue weighted by atomic mass is 35.5. The minimum absolute atomic E-state index is 0. The van der Waals surface area contributed by atoms with E-state index in [0.29, 0.717) is 18.7 Å². The minimum Gasteiger partial charge on any atom is -0.338 e. The Hall–Kier alpha value is -2.21. The van der Waals surface area contributed by atoms with Crippen LogP contribution in [0.25, 0.3) is 22.2 Å². The zero-order valence-electron chi connectivity index (χ0n) is 16.5. The van der Waals surface area contributed by atoms with Gasteiger partial charge in [0.1, 0.15) is 0 Å². The molecule has 29 heavy (non-hydrogen) atoms. The van der Waals surface area contributed by atoms with E-state index in [4.69, 9.17) is 10.7 Å². The van der Waals surface area contributed by atoms with Crippen LogP contribution in [0.5, 0.6) is 0 Å². The highest BCUT2D eigenvalue weighted by Crippen LogP contribution is 2.31. The number of nitrogens with zero attached hydrogens (tertiary/aromatic N) is 3. The van der Waals surface area contributed by atoms with Crippen LogP contribution in [-0.4, -0.2) is 39.9 Å². The normalized spacial score (nSPS) is 17.9. The first-order valence-corrected chi connectivity index (χ1v) is 9.31. The fraction of sp³-hybridized carbons (Fsp3) is 0.318. The van der Waals surface area contributed by atoms with Crippen molar-refractivity contribution in [3.05, 3.63) is 60.4 Å². The molecule has 1 aliphatic rings. The number of pyridine rings is 2. The first kappa shape index (κ1) is 23.1. The van der Waals surface area contributed by atoms with Crippen molar-refractivity contribution in [2.24, 2.45) is 11.1 Å². The molecule has 154 valence electrons. The average molecular weight is 433 g/mol. The van der Waals surface area contributed by atoms with Crippen LogP contribution < -0.4 is 5.73 Å². The lowest BCUT2D eigenvalue weighted by Crippen LogP contribution is -2.54. The van der Waals surface area contributed by atoms with Crippen LogP contribution in [0.15, 0.2) is 54.9 Å². The minimum atomic E-state index is -0.0926. The number of hydrogen-bond acceptors (Lipinski definition) is 4. The predicted octanol–water partition coefficient (Wildman–Crippen LogP) is 4.34. The average Bonchev–Trinajstić information content (AvgIpc) is 2.69. The molecule has 5 nitrogen and oxygen atoms in total. The Morgan fingerprint density at radius 2 is 1.83 bits per heavy atom. The molecule has 1 fully saturated rings. The van der Waals surface area contributed by atoms with Crippen LogP contribution in [0, 0.1) is 5.41 Å². The number of halogens is 2. The van der Waals surface area contributed by atoms with Gasteiger partial charge in [-0.3, -0.25) is 9.78 Å². The lowest BCUT2D eigenvalue weighted by atomic mass is 9.79. The molecule has 2 aromatic heterocycles. The van der Waals surface area contributed by atoms with Gasteiger partial charge in [-0.05, 0) is 36.1 Å². The van der Waals surface area contributed by atoms with E-state index in [1.807, 2.05) is 47.4 Å². The van der Waals surface area contributed by atoms with Crippen molar-refractivity contribution in [3.8, 4) is 11.3 Å². The van der Waals surface area contributed by atoms with Crippen LogP contribution in [0.2, 0.25) is 0 Å². The third kappa shape index (κ3) is 4.53. The molecule has 0 aliphatic carbocycles. The molecule has 3 aromatic rings. The fourth-order valence-corrected chi connectivity index (χ4v) is 3.74. The Bertz CT molecular complexity index is 995. The van der Waals surface area contributed by atoms with E-state index < -0.39 is 0 Å². The number of piperidine rings is 1. The Labute approximate surface area is 183 Å². The molecule has 0 radical (unpaired) electrons. The van der Waals surface area contributed by atoms with Crippen LogP contribution in [0.3, 0.4) is 0 Å². The van der Waals surface area contributed by atoms with Crippen molar-refractivity contribution < 1.29 is 4.79 Å². The summed E-state index contributed by atoms with van der Waals surface area (Å²) in [6, 6.07) is 13.7. The molecular formula is C22H26Cl2N4O. The molecule has 4 rings (SSSR count). The summed E-state index contributed by atoms with van der Waals surface area (Å²) >= 11 is 0. The molecule has 0 spiro atoms. The van der Waals surface area contributed by atoms with Gasteiger partial charge < -0.3 is 10.6 Å². The number of rotatable bonds is 2. The van der Waals surface area contributed by atoms with E-state index in [-0.39, 0.29) is 42.2 Å². The Balaban J connectivity index is 0.00000150. The monoisotopic (exact) mass is 432 g/mol. The van der Waals surface area contributed by atoms with E-state index in [1.54, 1.807) is 12.4 Å². The van der Waals surface area contributed by atoms with Crippen molar-refractivity contribution in [2.75, 3.05) is 13.1 Å². The molecule has 1 unspecified atom stereocenters. The number of hydrogen-bond donors (Lipinski definition) is 1. The summed E-state index contributed by atoms with van der Waals surface area (Å²) in [4.78, 5) is 24.2. The van der Waals surface area contributed by atoms with Crippen LogP contribution >= 0.6 is 24.8 Å². The molecule has 1 saturated heterocycles. The summed E-state index contributed by atoms with van der Waals surface area (Å²) in [5, 5.41) is 0.882. The predicted molar refractivity (Wildman–Crippen MR) is 122 cm³/mol. The fourth-order valence-electron chi connectivity index (χ4n) is 3.74. The standard InChI is InChI=1S/C22H24N4O.2ClH/c1-22(2)14-26(12-9-20(22)23)21(27)17-13-19(15-7-10-24-11-8-15)25-18-6-4-3-5-16(17)18;;/h3-8,10-11,13,20H,9,12,14,23H2,1-2H3;2*1H. The molecule has 7 heteroatoms. The zero-order valence-corrected chi connectivity index (χ0v) is 18.2. The van der Waals surface area contributed by atoms with Crippen molar-refractivity contribution in [1.29, 1.82) is 0 Å². The van der Waals surface area contributed by atoms with Gasteiger partial charge in [-0.25, -0.2) is 4.98 Å². The summed E-state index contributed by atoms with van der Waals surface area (Å²) in [5.74, 6) is 0.0453. The molecule has 1 atom stereocenters. The van der Waals surface area contributed by atoms with Gasteiger partial charge in [-0.2, -0.15) is 0 Å². The number of aromatic nitrogens is 2. The lowest BCUT2D eigenvalue weighted by molar-refractivity contribution is 0.0535. The molecule has 1 amide bonds. The van der Waals surface area contributed by atoms with E-state index in [2.05, 4.69) is 18.8 Å². The first-order chi connectivity index (χ1) is 13.0. The van der Waals surface area contributed by atoms with Gasteiger partial charge in [-0.1, -0.05) is 32.0 Å². The summed E-state index contributed by atoms with van der Waals surface area (Å²) in [7, 11) is 0. The number of amides is 1. The van der Waals surface area contributed by atoms with Gasteiger partial charge in [0, 0.05) is 42.5 Å². The summed E-state index contributed by atoms with van der Waals surface area (Å²) in [6.07, 6.45) is 4.30. The molecular weight excluding hydrogens is 407 g/mol. The quantitative estimate of drug-likeness (QED) is 0.653. The van der Waals surface area contributed by atoms with Gasteiger partial charge >= 0.3 is 0 Å². The SMILES string of the molecule is CC1(C)CN(C(=O)c2cc(-c3ccncc3)nc3ccccc23)CCC1N.Cl.Cl. The summed E-state index contributed by atoms with van der Waals surface area (Å²) < 4.78 is 0. The Kier molecular flexibility index (Phi) is 7.22. The topological polar surface area (TPSA) is 72.1 Å². The van der Waals surface area contributed by atoms with Crippen LogP contribution in [0.1, 0.15) is 30.6 Å². The second kappa shape index (κ2) is 9.08. The zero-order chi connectivity index (χ0) is 19.0. The summed E-state index contributed by atoms with van der Waals surface area (Å²) in [6.45, 7) is 5.60. The van der Waals surface area contributed by atoms with Crippen molar-refractivity contribution in [1.82, 2.24) is 14.9 Å². The molecule has 0 bridgehead atoms. The molecule has 2 N–H and O–H groups in total. The van der Waals surface area contributed by atoms with Crippen LogP contribution in [-0.2, 0) is 0 Å². The van der Waals surface area contributed by atoms with Gasteiger partial charge in [0.15, 0.2) is 0 Å². The van der Waals surface area contributed by atoms with Gasteiger partial charge in [0.25, 0.3) is 5.91 Å². The van der Waals surface area contributed by atoms with E-state index in [1.165, 1.54) is 0 Å². The number of carbonyl (C=O) groups excluding carboxylic acids is 1. The highest BCUT2D eigenvalue weighted by Gasteiger charge is 2.36. The number of carbonyl (C=O) groups is 1. The van der Waals surface area contributed by atoms with Gasteiger partial charge in [-0.15, -0.1) is 24.8 Å². The number of nitrogens with two attached hydrogens (primary N) is 1. The second-order valence-corrected chi connectivity index (χ2v) is 7.92. The van der Waals surface area contributed by atoms with Gasteiger partial charge in [0.2, 0.25) is 0 Å². The van der Waals surface area contributed by atoms with Crippen LogP contribution in [0.4, 0.5) is 0 Å². The third-order valence-corrected chi connectivity index (χ3v) is 5.52. The highest BCUT2D eigenvalue weighted by molar-refractivity contribution is 6.07. The Morgan fingerprint density at radius 1 is 1.14 bits per heavy atom. The smallest absolute Gasteiger partial charge is 0.254 e. The maximum absolute atomic E-state index is 13.4. The molecule has 1 aliphatic heterocycles. The van der Waals surface area contributed by atoms with Crippen molar-refractivity contribution in [2.45, 2.75) is 26.3 Å². The number of benzene rings is 1. The second-order valence-electron chi connectivity index (χ2n) is 7.92. The number of fused-ring (bicyclic) bond motifs is 1. The van der Waals surface area contributed by atoms with E-state index in [9.17, 15) is 4.79 Å². The number of para-hydroxylation sites is 1. The van der Waals surface area contributed by atoms with E-state index in [0.717, 1.165) is 28.6 Å². The van der Waals surface area contributed by atoms with Crippen molar-refractivity contribution in [3.63, 3.8) is 0 Å². The summed E-state index contributed by atoms with van der Waals surface area (Å²) in [5.41, 5.74) is 9.41. The van der Waals surface area contributed by atoms with Gasteiger partial charge in [0.05, 0.1) is 16.8 Å². The maximum Gasteiger partial charge on any atom is 0.254 e.